The van der Waals surface area contributed by atoms with Crippen LogP contribution in [0.25, 0.3) is 0 Å². The zero-order valence-electron chi connectivity index (χ0n) is 12.7. The Morgan fingerprint density at radius 2 is 2.00 bits per heavy atom. The number of nitro benzene ring substituents is 1. The molecule has 0 atom stereocenters. The van der Waals surface area contributed by atoms with Gasteiger partial charge in [-0.3, -0.25) is 10.1 Å². The number of hydrogen-bond donors (Lipinski definition) is 2. The van der Waals surface area contributed by atoms with Gasteiger partial charge in [0.05, 0.1) is 4.92 Å². The summed E-state index contributed by atoms with van der Waals surface area (Å²) in [6, 6.07) is 4.84. The number of rotatable bonds is 5. The maximum atomic E-state index is 11.4. The number of ether oxygens (including phenoxy) is 1. The average molecular weight is 295 g/mol. The van der Waals surface area contributed by atoms with Gasteiger partial charge in [-0.2, -0.15) is 0 Å². The smallest absolute Gasteiger partial charge is 0.407 e. The Hall–Kier alpha value is -2.31. The van der Waals surface area contributed by atoms with Crippen molar-refractivity contribution in [1.82, 2.24) is 5.32 Å². The molecule has 0 fully saturated rings. The molecule has 0 saturated carbocycles. The van der Waals surface area contributed by atoms with E-state index in [2.05, 4.69) is 10.6 Å². The van der Waals surface area contributed by atoms with Crippen LogP contribution in [0.5, 0.6) is 0 Å². The third kappa shape index (κ3) is 5.68. The molecule has 7 nitrogen and oxygen atoms in total. The molecule has 1 rings (SSSR count). The third-order valence-electron chi connectivity index (χ3n) is 2.61. The standard InChI is InChI=1S/C14H21N3O4/c1-10-11(6-5-7-12(10)17(19)20)15-8-9-16-13(18)21-14(2,3)4/h5-7,15H,8-9H2,1-4H3,(H,16,18). The summed E-state index contributed by atoms with van der Waals surface area (Å²) in [6.07, 6.45) is -0.486. The second kappa shape index (κ2) is 6.92. The Balaban J connectivity index is 2.45. The highest BCUT2D eigenvalue weighted by Gasteiger charge is 2.16. The average Bonchev–Trinajstić information content (AvgIpc) is 2.33. The molecule has 0 unspecified atom stereocenters. The molecule has 116 valence electrons. The lowest BCUT2D eigenvalue weighted by Crippen LogP contribution is -2.35. The fraction of sp³-hybridized carbons (Fsp3) is 0.500. The number of hydrogen-bond acceptors (Lipinski definition) is 5. The number of nitrogens with one attached hydrogen (secondary N) is 2. The molecule has 1 aromatic carbocycles. The summed E-state index contributed by atoms with van der Waals surface area (Å²) in [5.41, 5.74) is 0.781. The van der Waals surface area contributed by atoms with Gasteiger partial charge in [0.25, 0.3) is 5.69 Å². The van der Waals surface area contributed by atoms with Gasteiger partial charge >= 0.3 is 6.09 Å². The molecule has 1 aromatic rings. The minimum Gasteiger partial charge on any atom is -0.444 e. The minimum atomic E-state index is -0.534. The van der Waals surface area contributed by atoms with Crippen LogP contribution in [0.4, 0.5) is 16.2 Å². The molecule has 0 spiro atoms. The molecule has 0 aliphatic heterocycles. The molecule has 0 aliphatic rings. The molecule has 7 heteroatoms. The van der Waals surface area contributed by atoms with Crippen molar-refractivity contribution in [3.05, 3.63) is 33.9 Å². The van der Waals surface area contributed by atoms with Crippen molar-refractivity contribution < 1.29 is 14.5 Å². The number of anilines is 1. The largest absolute Gasteiger partial charge is 0.444 e. The zero-order chi connectivity index (χ0) is 16.0. The molecule has 21 heavy (non-hydrogen) atoms. The Kier molecular flexibility index (Phi) is 5.52. The number of nitro groups is 1. The van der Waals surface area contributed by atoms with Crippen molar-refractivity contribution in [1.29, 1.82) is 0 Å². The Morgan fingerprint density at radius 1 is 1.33 bits per heavy atom. The fourth-order valence-electron chi connectivity index (χ4n) is 1.69. The quantitative estimate of drug-likeness (QED) is 0.495. The summed E-state index contributed by atoms with van der Waals surface area (Å²) in [6.45, 7) is 7.85. The van der Waals surface area contributed by atoms with Crippen molar-refractivity contribution in [2.24, 2.45) is 0 Å². The summed E-state index contributed by atoms with van der Waals surface area (Å²) in [7, 11) is 0. The van der Waals surface area contributed by atoms with Crippen LogP contribution in [-0.4, -0.2) is 29.7 Å². The van der Waals surface area contributed by atoms with Crippen LogP contribution >= 0.6 is 0 Å². The second-order valence-corrected chi connectivity index (χ2v) is 5.56. The van der Waals surface area contributed by atoms with Crippen LogP contribution in [0.15, 0.2) is 18.2 Å². The van der Waals surface area contributed by atoms with E-state index in [-0.39, 0.29) is 5.69 Å². The van der Waals surface area contributed by atoms with E-state index in [9.17, 15) is 14.9 Å². The van der Waals surface area contributed by atoms with Gasteiger partial charge in [0, 0.05) is 30.4 Å². The van der Waals surface area contributed by atoms with E-state index in [4.69, 9.17) is 4.74 Å². The van der Waals surface area contributed by atoms with Crippen LogP contribution in [0.3, 0.4) is 0 Å². The van der Waals surface area contributed by atoms with Crippen LogP contribution in [0.2, 0.25) is 0 Å². The monoisotopic (exact) mass is 295 g/mol. The van der Waals surface area contributed by atoms with Gasteiger partial charge < -0.3 is 15.4 Å². The lowest BCUT2D eigenvalue weighted by Gasteiger charge is -2.19. The van der Waals surface area contributed by atoms with Crippen LogP contribution in [-0.2, 0) is 4.74 Å². The number of amides is 1. The number of carbonyl (C=O) groups excluding carboxylic acids is 1. The summed E-state index contributed by atoms with van der Waals surface area (Å²) < 4.78 is 5.10. The van der Waals surface area contributed by atoms with E-state index >= 15 is 0 Å². The minimum absolute atomic E-state index is 0.0695. The normalized spacial score (nSPS) is 10.9. The highest BCUT2D eigenvalue weighted by atomic mass is 16.6. The molecular formula is C14H21N3O4. The zero-order valence-corrected chi connectivity index (χ0v) is 12.7. The van der Waals surface area contributed by atoms with E-state index in [0.717, 1.165) is 0 Å². The van der Waals surface area contributed by atoms with Gasteiger partial charge in [-0.15, -0.1) is 0 Å². The van der Waals surface area contributed by atoms with Gasteiger partial charge in [-0.1, -0.05) is 6.07 Å². The molecule has 0 saturated heterocycles. The predicted octanol–water partition coefficient (Wildman–Crippen LogP) is 2.84. The summed E-state index contributed by atoms with van der Waals surface area (Å²) in [4.78, 5) is 21.8. The first kappa shape index (κ1) is 16.7. The van der Waals surface area contributed by atoms with Crippen molar-refractivity contribution >= 4 is 17.5 Å². The molecule has 0 aromatic heterocycles. The van der Waals surface area contributed by atoms with Crippen molar-refractivity contribution in [3.8, 4) is 0 Å². The highest BCUT2D eigenvalue weighted by molar-refractivity contribution is 5.67. The summed E-state index contributed by atoms with van der Waals surface area (Å²) in [5, 5.41) is 16.5. The molecule has 2 N–H and O–H groups in total. The Labute approximate surface area is 123 Å². The van der Waals surface area contributed by atoms with Crippen LogP contribution in [0, 0.1) is 17.0 Å². The molecule has 0 heterocycles. The Bertz CT molecular complexity index is 523. The maximum Gasteiger partial charge on any atom is 0.407 e. The van der Waals surface area contributed by atoms with Gasteiger partial charge in [0.1, 0.15) is 5.60 Å². The lowest BCUT2D eigenvalue weighted by molar-refractivity contribution is -0.385. The topological polar surface area (TPSA) is 93.5 Å². The van der Waals surface area contributed by atoms with Gasteiger partial charge in [0.15, 0.2) is 0 Å². The number of alkyl carbamates (subject to hydrolysis) is 1. The lowest BCUT2D eigenvalue weighted by atomic mass is 10.1. The second-order valence-electron chi connectivity index (χ2n) is 5.56. The van der Waals surface area contributed by atoms with Crippen molar-refractivity contribution in [2.75, 3.05) is 18.4 Å². The summed E-state index contributed by atoms with van der Waals surface area (Å²) in [5.74, 6) is 0. The molecule has 0 radical (unpaired) electrons. The molecule has 0 aliphatic carbocycles. The van der Waals surface area contributed by atoms with E-state index in [0.29, 0.717) is 24.3 Å². The summed E-state index contributed by atoms with van der Waals surface area (Å²) >= 11 is 0. The molecule has 0 bridgehead atoms. The van der Waals surface area contributed by atoms with Gasteiger partial charge in [0.2, 0.25) is 0 Å². The molecular weight excluding hydrogens is 274 g/mol. The Morgan fingerprint density at radius 3 is 2.57 bits per heavy atom. The van der Waals surface area contributed by atoms with E-state index in [1.165, 1.54) is 6.07 Å². The number of carbonyl (C=O) groups is 1. The van der Waals surface area contributed by atoms with Crippen LogP contribution in [0.1, 0.15) is 26.3 Å². The van der Waals surface area contributed by atoms with E-state index < -0.39 is 16.6 Å². The van der Waals surface area contributed by atoms with Crippen LogP contribution < -0.4 is 10.6 Å². The first-order valence-corrected chi connectivity index (χ1v) is 6.65. The highest BCUT2D eigenvalue weighted by Crippen LogP contribution is 2.24. The predicted molar refractivity (Wildman–Crippen MR) is 80.6 cm³/mol. The fourth-order valence-corrected chi connectivity index (χ4v) is 1.69. The van der Waals surface area contributed by atoms with Crippen molar-refractivity contribution in [2.45, 2.75) is 33.3 Å². The SMILES string of the molecule is Cc1c(NCCNC(=O)OC(C)(C)C)cccc1[N+](=O)[O-]. The van der Waals surface area contributed by atoms with Gasteiger partial charge in [-0.05, 0) is 33.8 Å². The maximum absolute atomic E-state index is 11.4. The number of nitrogens with zero attached hydrogens (tertiary/aromatic N) is 1. The first-order valence-electron chi connectivity index (χ1n) is 6.65. The van der Waals surface area contributed by atoms with E-state index in [1.54, 1.807) is 39.8 Å². The van der Waals surface area contributed by atoms with Gasteiger partial charge in [-0.25, -0.2) is 4.79 Å². The third-order valence-corrected chi connectivity index (χ3v) is 2.61. The van der Waals surface area contributed by atoms with E-state index in [1.807, 2.05) is 0 Å². The van der Waals surface area contributed by atoms with Crippen molar-refractivity contribution in [3.63, 3.8) is 0 Å². The molecule has 1 amide bonds. The number of benzene rings is 1. The first-order chi connectivity index (χ1) is 9.70.